The monoisotopic (exact) mass is 233 g/mol. The zero-order chi connectivity index (χ0) is 11.7. The van der Waals surface area contributed by atoms with E-state index in [1.165, 1.54) is 12.1 Å². The molecule has 0 aliphatic carbocycles. The Kier molecular flexibility index (Phi) is 7.12. The van der Waals surface area contributed by atoms with Crippen molar-refractivity contribution in [1.82, 2.24) is 0 Å². The number of nitrogens with zero attached hydrogens (tertiary/aromatic N) is 1. The van der Waals surface area contributed by atoms with Gasteiger partial charge in [0.25, 0.3) is 5.69 Å². The van der Waals surface area contributed by atoms with E-state index in [2.05, 4.69) is 0 Å². The molecule has 1 aromatic carbocycles. The van der Waals surface area contributed by atoms with Gasteiger partial charge in [-0.3, -0.25) is 10.1 Å². The van der Waals surface area contributed by atoms with Crippen LogP contribution in [-0.4, -0.2) is 30.8 Å². The smallest absolute Gasteiger partial charge is 0.269 e. The first-order valence-corrected chi connectivity index (χ1v) is 5.36. The van der Waals surface area contributed by atoms with E-state index in [-0.39, 0.29) is 18.0 Å². The summed E-state index contributed by atoms with van der Waals surface area (Å²) in [4.78, 5) is 9.59. The molecule has 0 fully saturated rings. The van der Waals surface area contributed by atoms with Crippen LogP contribution in [-0.2, 0) is 10.7 Å². The van der Waals surface area contributed by atoms with E-state index in [1.807, 2.05) is 0 Å². The van der Waals surface area contributed by atoms with Crippen molar-refractivity contribution < 1.29 is 18.4 Å². The third kappa shape index (κ3) is 7.59. The van der Waals surface area contributed by atoms with Gasteiger partial charge in [0.1, 0.15) is 10.7 Å². The fourth-order valence-electron chi connectivity index (χ4n) is 0.631. The number of nitro benzene ring substituents is 1. The molecule has 0 aliphatic rings. The molecule has 15 heavy (non-hydrogen) atoms. The van der Waals surface area contributed by atoms with E-state index in [1.54, 1.807) is 18.2 Å². The lowest BCUT2D eigenvalue weighted by molar-refractivity contribution is -0.384. The molecule has 1 rings (SSSR count). The van der Waals surface area contributed by atoms with Gasteiger partial charge >= 0.3 is 0 Å². The molecule has 0 heterocycles. The Morgan fingerprint density at radius 2 is 1.80 bits per heavy atom. The number of nitro groups is 1. The first kappa shape index (κ1) is 13.5. The van der Waals surface area contributed by atoms with Crippen LogP contribution in [0.15, 0.2) is 30.3 Å². The molecular formula is C8H11NO5S. The Balaban J connectivity index is 0.000000288. The second kappa shape index (κ2) is 7.89. The maximum absolute atomic E-state index is 10.0. The van der Waals surface area contributed by atoms with E-state index in [0.717, 1.165) is 0 Å². The normalized spacial score (nSPS) is 9.20. The van der Waals surface area contributed by atoms with Crippen molar-refractivity contribution in [2.75, 3.05) is 12.4 Å². The average Bonchev–Trinajstić information content (AvgIpc) is 2.20. The fourth-order valence-corrected chi connectivity index (χ4v) is 0.795. The average molecular weight is 233 g/mol. The standard InChI is InChI=1S/C6H5NO2.C2H6O3S/c8-7(9)6-4-2-1-3-5-6;3-1-2-6(4)5/h1-5H;3,6H,1-2H2. The Bertz CT molecular complexity index is 355. The quantitative estimate of drug-likeness (QED) is 0.441. The minimum absolute atomic E-state index is 0.116. The first-order chi connectivity index (χ1) is 7.07. The van der Waals surface area contributed by atoms with Crippen LogP contribution in [0.5, 0.6) is 0 Å². The zero-order valence-electron chi connectivity index (χ0n) is 7.78. The zero-order valence-corrected chi connectivity index (χ0v) is 8.67. The SMILES string of the molecule is O=[N+]([O-])c1ccccc1.O=[SH](=O)CCO. The van der Waals surface area contributed by atoms with Gasteiger partial charge in [-0.2, -0.15) is 0 Å². The molecule has 0 saturated heterocycles. The number of aliphatic hydroxyl groups is 1. The summed E-state index contributed by atoms with van der Waals surface area (Å²) in [6.45, 7) is -0.265. The summed E-state index contributed by atoms with van der Waals surface area (Å²) in [5.41, 5.74) is 0.137. The number of para-hydroxylation sites is 1. The summed E-state index contributed by atoms with van der Waals surface area (Å²) >= 11 is 0. The lowest BCUT2D eigenvalue weighted by Gasteiger charge is -1.85. The number of hydrogen-bond donors (Lipinski definition) is 2. The highest BCUT2D eigenvalue weighted by Gasteiger charge is 1.98. The molecule has 0 atom stereocenters. The third-order valence-corrected chi connectivity index (χ3v) is 1.81. The van der Waals surface area contributed by atoms with E-state index in [0.29, 0.717) is 0 Å². The number of aliphatic hydroxyl groups excluding tert-OH is 1. The van der Waals surface area contributed by atoms with E-state index in [4.69, 9.17) is 5.11 Å². The molecule has 0 aliphatic heterocycles. The molecular weight excluding hydrogens is 222 g/mol. The van der Waals surface area contributed by atoms with E-state index in [9.17, 15) is 18.5 Å². The van der Waals surface area contributed by atoms with E-state index < -0.39 is 15.6 Å². The van der Waals surface area contributed by atoms with Crippen LogP contribution < -0.4 is 0 Å². The van der Waals surface area contributed by atoms with Crippen molar-refractivity contribution in [2.45, 2.75) is 0 Å². The van der Waals surface area contributed by atoms with Crippen LogP contribution in [0.25, 0.3) is 0 Å². The molecule has 0 unspecified atom stereocenters. The van der Waals surface area contributed by atoms with Crippen LogP contribution in [0.2, 0.25) is 0 Å². The predicted molar refractivity (Wildman–Crippen MR) is 55.4 cm³/mol. The maximum Gasteiger partial charge on any atom is 0.269 e. The Morgan fingerprint density at radius 1 is 1.27 bits per heavy atom. The molecule has 1 aromatic rings. The molecule has 0 amide bonds. The molecule has 0 radical (unpaired) electrons. The lowest BCUT2D eigenvalue weighted by atomic mass is 10.3. The van der Waals surface area contributed by atoms with Gasteiger partial charge in [0.2, 0.25) is 0 Å². The molecule has 0 saturated carbocycles. The highest BCUT2D eigenvalue weighted by molar-refractivity contribution is 7.72. The molecule has 0 bridgehead atoms. The molecule has 6 nitrogen and oxygen atoms in total. The largest absolute Gasteiger partial charge is 0.395 e. The molecule has 1 N–H and O–H groups in total. The minimum atomic E-state index is -2.35. The van der Waals surface area contributed by atoms with Crippen molar-refractivity contribution >= 4 is 16.4 Å². The van der Waals surface area contributed by atoms with Crippen LogP contribution in [0.3, 0.4) is 0 Å². The van der Waals surface area contributed by atoms with Crippen molar-refractivity contribution in [3.05, 3.63) is 40.4 Å². The topological polar surface area (TPSA) is 97.5 Å². The van der Waals surface area contributed by atoms with Gasteiger partial charge in [-0.05, 0) is 0 Å². The number of benzene rings is 1. The fraction of sp³-hybridized carbons (Fsp3) is 0.250. The summed E-state index contributed by atoms with van der Waals surface area (Å²) in [5, 5.41) is 17.9. The van der Waals surface area contributed by atoms with Crippen LogP contribution in [0.1, 0.15) is 0 Å². The van der Waals surface area contributed by atoms with Gasteiger partial charge in [-0.15, -0.1) is 0 Å². The van der Waals surface area contributed by atoms with Crippen LogP contribution in [0, 0.1) is 10.1 Å². The van der Waals surface area contributed by atoms with Crippen molar-refractivity contribution in [3.8, 4) is 0 Å². The molecule has 84 valence electrons. The second-order valence-corrected chi connectivity index (χ2v) is 3.49. The Hall–Kier alpha value is -1.47. The van der Waals surface area contributed by atoms with Gasteiger partial charge in [0.05, 0.1) is 17.3 Å². The van der Waals surface area contributed by atoms with Gasteiger partial charge in [0.15, 0.2) is 0 Å². The van der Waals surface area contributed by atoms with Gasteiger partial charge in [0, 0.05) is 12.1 Å². The van der Waals surface area contributed by atoms with Crippen molar-refractivity contribution in [1.29, 1.82) is 0 Å². The van der Waals surface area contributed by atoms with Gasteiger partial charge in [-0.1, -0.05) is 18.2 Å². The summed E-state index contributed by atoms with van der Waals surface area (Å²) in [6.07, 6.45) is 0. The highest BCUT2D eigenvalue weighted by atomic mass is 32.2. The summed E-state index contributed by atoms with van der Waals surface area (Å²) < 4.78 is 19.0. The molecule has 0 spiro atoms. The summed E-state index contributed by atoms with van der Waals surface area (Å²) in [5.74, 6) is -0.116. The molecule has 7 heteroatoms. The van der Waals surface area contributed by atoms with Crippen molar-refractivity contribution in [3.63, 3.8) is 0 Å². The van der Waals surface area contributed by atoms with Crippen molar-refractivity contribution in [2.24, 2.45) is 0 Å². The summed E-state index contributed by atoms with van der Waals surface area (Å²) in [6, 6.07) is 7.93. The Morgan fingerprint density at radius 3 is 2.00 bits per heavy atom. The number of non-ortho nitro benzene ring substituents is 1. The first-order valence-electron chi connectivity index (χ1n) is 4.00. The Labute approximate surface area is 88.3 Å². The lowest BCUT2D eigenvalue weighted by Crippen LogP contribution is -1.91. The maximum atomic E-state index is 10.0. The second-order valence-electron chi connectivity index (χ2n) is 2.37. The van der Waals surface area contributed by atoms with Gasteiger partial charge < -0.3 is 5.11 Å². The summed E-state index contributed by atoms with van der Waals surface area (Å²) in [7, 11) is -2.35. The minimum Gasteiger partial charge on any atom is -0.395 e. The predicted octanol–water partition coefficient (Wildman–Crippen LogP) is 0.185. The number of rotatable bonds is 3. The third-order valence-electron chi connectivity index (χ3n) is 1.25. The van der Waals surface area contributed by atoms with Gasteiger partial charge in [-0.25, -0.2) is 8.42 Å². The molecule has 0 aromatic heterocycles. The van der Waals surface area contributed by atoms with Crippen LogP contribution in [0.4, 0.5) is 5.69 Å². The number of hydrogen-bond acceptors (Lipinski definition) is 5. The van der Waals surface area contributed by atoms with Crippen LogP contribution >= 0.6 is 0 Å². The van der Waals surface area contributed by atoms with E-state index >= 15 is 0 Å². The number of thiol groups is 1. The highest BCUT2D eigenvalue weighted by Crippen LogP contribution is 2.06.